The summed E-state index contributed by atoms with van der Waals surface area (Å²) in [5.74, 6) is -1.58. The van der Waals surface area contributed by atoms with Crippen molar-refractivity contribution in [3.8, 4) is 0 Å². The minimum absolute atomic E-state index is 0.00287. The predicted octanol–water partition coefficient (Wildman–Crippen LogP) is 1.55. The van der Waals surface area contributed by atoms with Crippen molar-refractivity contribution >= 4 is 17.7 Å². The van der Waals surface area contributed by atoms with Crippen molar-refractivity contribution < 1.29 is 14.7 Å². The summed E-state index contributed by atoms with van der Waals surface area (Å²) in [6.45, 7) is 3.81. The second-order valence-corrected chi connectivity index (χ2v) is 3.56. The summed E-state index contributed by atoms with van der Waals surface area (Å²) in [6, 6.07) is 0. The van der Waals surface area contributed by atoms with Crippen LogP contribution in [0.15, 0.2) is 12.4 Å². The Bertz CT molecular complexity index is 416. The highest BCUT2D eigenvalue weighted by atomic mass is 16.4. The lowest BCUT2D eigenvalue weighted by Crippen LogP contribution is -2.24. The summed E-state index contributed by atoms with van der Waals surface area (Å²) in [6.07, 6.45) is 4.02. The first kappa shape index (κ1) is 13.1. The van der Waals surface area contributed by atoms with Gasteiger partial charge in [-0.1, -0.05) is 13.8 Å². The molecule has 0 atom stereocenters. The van der Waals surface area contributed by atoms with Crippen molar-refractivity contribution in [3.05, 3.63) is 18.1 Å². The van der Waals surface area contributed by atoms with Crippen LogP contribution < -0.4 is 5.32 Å². The monoisotopic (exact) mass is 237 g/mol. The molecule has 0 aromatic carbocycles. The van der Waals surface area contributed by atoms with Crippen LogP contribution in [0.5, 0.6) is 0 Å². The molecule has 2 N–H and O–H groups in total. The Kier molecular flexibility index (Phi) is 4.56. The topological polar surface area (TPSA) is 92.2 Å². The Morgan fingerprint density at radius 3 is 2.41 bits per heavy atom. The minimum Gasteiger partial charge on any atom is -0.476 e. The molecular weight excluding hydrogens is 222 g/mol. The first-order chi connectivity index (χ1) is 8.10. The third-order valence-corrected chi connectivity index (χ3v) is 2.50. The summed E-state index contributed by atoms with van der Waals surface area (Å²) in [5.41, 5.74) is -0.244. The van der Waals surface area contributed by atoms with Gasteiger partial charge in [0.1, 0.15) is 0 Å². The number of aromatic carboxylic acids is 1. The zero-order chi connectivity index (χ0) is 12.8. The van der Waals surface area contributed by atoms with Crippen LogP contribution in [0.2, 0.25) is 0 Å². The maximum absolute atomic E-state index is 11.8. The SMILES string of the molecule is CCC(CC)C(=O)Nc1nccnc1C(=O)O. The molecule has 0 aliphatic carbocycles. The van der Waals surface area contributed by atoms with Crippen LogP contribution >= 0.6 is 0 Å². The normalized spacial score (nSPS) is 10.3. The van der Waals surface area contributed by atoms with Gasteiger partial charge in [0.25, 0.3) is 0 Å². The Balaban J connectivity index is 2.88. The van der Waals surface area contributed by atoms with E-state index >= 15 is 0 Å². The van der Waals surface area contributed by atoms with Gasteiger partial charge in [-0.15, -0.1) is 0 Å². The van der Waals surface area contributed by atoms with Gasteiger partial charge in [0.05, 0.1) is 0 Å². The Morgan fingerprint density at radius 2 is 1.88 bits per heavy atom. The zero-order valence-electron chi connectivity index (χ0n) is 9.80. The third-order valence-electron chi connectivity index (χ3n) is 2.50. The molecule has 0 fully saturated rings. The summed E-state index contributed by atoms with van der Waals surface area (Å²) >= 11 is 0. The summed E-state index contributed by atoms with van der Waals surface area (Å²) in [7, 11) is 0. The van der Waals surface area contributed by atoms with Crippen molar-refractivity contribution in [2.75, 3.05) is 5.32 Å². The molecule has 0 saturated heterocycles. The predicted molar refractivity (Wildman–Crippen MR) is 61.7 cm³/mol. The summed E-state index contributed by atoms with van der Waals surface area (Å²) < 4.78 is 0. The van der Waals surface area contributed by atoms with Gasteiger partial charge in [0, 0.05) is 18.3 Å². The van der Waals surface area contributed by atoms with E-state index in [1.165, 1.54) is 12.4 Å². The first-order valence-electron chi connectivity index (χ1n) is 5.45. The van der Waals surface area contributed by atoms with Crippen LogP contribution in [0.25, 0.3) is 0 Å². The third kappa shape index (κ3) is 3.24. The molecule has 6 nitrogen and oxygen atoms in total. The fraction of sp³-hybridized carbons (Fsp3) is 0.455. The van der Waals surface area contributed by atoms with Crippen LogP contribution in [0.4, 0.5) is 5.82 Å². The maximum Gasteiger partial charge on any atom is 0.358 e. The van der Waals surface area contributed by atoms with Gasteiger partial charge in [0.2, 0.25) is 5.91 Å². The molecule has 0 aliphatic heterocycles. The number of nitrogens with one attached hydrogen (secondary N) is 1. The van der Waals surface area contributed by atoms with Gasteiger partial charge in [0.15, 0.2) is 11.5 Å². The van der Waals surface area contributed by atoms with Gasteiger partial charge < -0.3 is 10.4 Å². The lowest BCUT2D eigenvalue weighted by Gasteiger charge is -2.12. The van der Waals surface area contributed by atoms with Gasteiger partial charge in [-0.25, -0.2) is 14.8 Å². The fourth-order valence-electron chi connectivity index (χ4n) is 1.46. The number of carboxylic acids is 1. The number of rotatable bonds is 5. The number of nitrogens with zero attached hydrogens (tertiary/aromatic N) is 2. The largest absolute Gasteiger partial charge is 0.476 e. The highest BCUT2D eigenvalue weighted by Gasteiger charge is 2.19. The van der Waals surface area contributed by atoms with Crippen LogP contribution in [-0.4, -0.2) is 27.0 Å². The van der Waals surface area contributed by atoms with Crippen molar-refractivity contribution in [1.29, 1.82) is 0 Å². The number of carboxylic acid groups (broad SMARTS) is 1. The average molecular weight is 237 g/mol. The van der Waals surface area contributed by atoms with Crippen LogP contribution in [-0.2, 0) is 4.79 Å². The fourth-order valence-corrected chi connectivity index (χ4v) is 1.46. The molecule has 1 aromatic heterocycles. The van der Waals surface area contributed by atoms with Crippen LogP contribution in [0.1, 0.15) is 37.2 Å². The standard InChI is InChI=1S/C11H15N3O3/c1-3-7(4-2)10(15)14-9-8(11(16)17)12-5-6-13-9/h5-7H,3-4H2,1-2H3,(H,16,17)(H,13,14,15). The molecule has 0 unspecified atom stereocenters. The van der Waals surface area contributed by atoms with Crippen LogP contribution in [0.3, 0.4) is 0 Å². The average Bonchev–Trinajstić information content (AvgIpc) is 2.31. The molecule has 0 bridgehead atoms. The smallest absolute Gasteiger partial charge is 0.358 e. The number of anilines is 1. The Labute approximate surface area is 99.1 Å². The second-order valence-electron chi connectivity index (χ2n) is 3.56. The van der Waals surface area contributed by atoms with E-state index < -0.39 is 5.97 Å². The summed E-state index contributed by atoms with van der Waals surface area (Å²) in [4.78, 5) is 30.1. The van der Waals surface area contributed by atoms with E-state index in [4.69, 9.17) is 5.11 Å². The minimum atomic E-state index is -1.21. The quantitative estimate of drug-likeness (QED) is 0.810. The van der Waals surface area contributed by atoms with E-state index in [1.54, 1.807) is 0 Å². The lowest BCUT2D eigenvalue weighted by molar-refractivity contribution is -0.120. The zero-order valence-corrected chi connectivity index (χ0v) is 9.80. The maximum atomic E-state index is 11.8. The molecule has 1 heterocycles. The van der Waals surface area contributed by atoms with Gasteiger partial charge in [-0.05, 0) is 12.8 Å². The molecule has 17 heavy (non-hydrogen) atoms. The van der Waals surface area contributed by atoms with E-state index in [0.29, 0.717) is 12.8 Å². The molecule has 0 saturated carbocycles. The van der Waals surface area contributed by atoms with E-state index in [0.717, 1.165) is 0 Å². The van der Waals surface area contributed by atoms with Crippen molar-refractivity contribution in [2.45, 2.75) is 26.7 Å². The molecular formula is C11H15N3O3. The Morgan fingerprint density at radius 1 is 1.29 bits per heavy atom. The van der Waals surface area contributed by atoms with Crippen LogP contribution in [0, 0.1) is 5.92 Å². The highest BCUT2D eigenvalue weighted by Crippen LogP contribution is 2.13. The van der Waals surface area contributed by atoms with Gasteiger partial charge >= 0.3 is 5.97 Å². The second kappa shape index (κ2) is 5.93. The number of hydrogen-bond donors (Lipinski definition) is 2. The van der Waals surface area contributed by atoms with E-state index in [1.807, 2.05) is 13.8 Å². The molecule has 92 valence electrons. The molecule has 0 radical (unpaired) electrons. The number of carbonyl (C=O) groups excluding carboxylic acids is 1. The van der Waals surface area contributed by atoms with Crippen molar-refractivity contribution in [2.24, 2.45) is 5.92 Å². The Hall–Kier alpha value is -1.98. The van der Waals surface area contributed by atoms with Crippen molar-refractivity contribution in [1.82, 2.24) is 9.97 Å². The summed E-state index contributed by atoms with van der Waals surface area (Å²) in [5, 5.41) is 11.4. The molecule has 1 amide bonds. The molecule has 1 rings (SSSR count). The number of carbonyl (C=O) groups is 2. The highest BCUT2D eigenvalue weighted by molar-refractivity contribution is 5.98. The van der Waals surface area contributed by atoms with Gasteiger partial charge in [-0.3, -0.25) is 4.79 Å². The molecule has 1 aromatic rings. The number of aromatic nitrogens is 2. The first-order valence-corrected chi connectivity index (χ1v) is 5.45. The van der Waals surface area contributed by atoms with E-state index in [9.17, 15) is 9.59 Å². The number of amides is 1. The van der Waals surface area contributed by atoms with Crippen molar-refractivity contribution in [3.63, 3.8) is 0 Å². The molecule has 6 heteroatoms. The molecule has 0 spiro atoms. The van der Waals surface area contributed by atoms with E-state index in [2.05, 4.69) is 15.3 Å². The van der Waals surface area contributed by atoms with Gasteiger partial charge in [-0.2, -0.15) is 0 Å². The lowest BCUT2D eigenvalue weighted by atomic mass is 10.0. The van der Waals surface area contributed by atoms with E-state index in [-0.39, 0.29) is 23.3 Å². The molecule has 0 aliphatic rings. The number of hydrogen-bond acceptors (Lipinski definition) is 4.